The third-order valence-electron chi connectivity index (χ3n) is 2.63. The van der Waals surface area contributed by atoms with Crippen molar-refractivity contribution in [1.82, 2.24) is 9.78 Å². The minimum absolute atomic E-state index is 0.0638. The minimum Gasteiger partial charge on any atom is -0.457 e. The molecule has 20 heavy (non-hydrogen) atoms. The van der Waals surface area contributed by atoms with Gasteiger partial charge in [0.05, 0.1) is 17.0 Å². The molecule has 2 rings (SSSR count). The van der Waals surface area contributed by atoms with Crippen LogP contribution in [0.1, 0.15) is 17.3 Å². The average Bonchev–Trinajstić information content (AvgIpc) is 2.91. The third-order valence-corrected chi connectivity index (χ3v) is 2.63. The Morgan fingerprint density at radius 2 is 2.15 bits per heavy atom. The molecule has 0 aliphatic rings. The zero-order valence-corrected chi connectivity index (χ0v) is 10.8. The van der Waals surface area contributed by atoms with Crippen molar-refractivity contribution in [2.75, 3.05) is 0 Å². The quantitative estimate of drug-likeness (QED) is 0.473. The molecule has 1 heterocycles. The van der Waals surface area contributed by atoms with Crippen LogP contribution in [0.5, 0.6) is 0 Å². The molecular formula is C13H13N3O4. The summed E-state index contributed by atoms with van der Waals surface area (Å²) in [5, 5.41) is 14.5. The second kappa shape index (κ2) is 5.96. The van der Waals surface area contributed by atoms with Crippen LogP contribution in [0.15, 0.2) is 42.7 Å². The Morgan fingerprint density at radius 1 is 1.45 bits per heavy atom. The predicted molar refractivity (Wildman–Crippen MR) is 70.2 cm³/mol. The number of esters is 1. The van der Waals surface area contributed by atoms with E-state index >= 15 is 0 Å². The van der Waals surface area contributed by atoms with Gasteiger partial charge >= 0.3 is 5.97 Å². The fraction of sp³-hybridized carbons (Fsp3) is 0.231. The van der Waals surface area contributed by atoms with Crippen molar-refractivity contribution in [2.24, 2.45) is 0 Å². The number of aromatic nitrogens is 2. The van der Waals surface area contributed by atoms with Gasteiger partial charge in [-0.25, -0.2) is 4.79 Å². The van der Waals surface area contributed by atoms with Gasteiger partial charge in [0.15, 0.2) is 0 Å². The van der Waals surface area contributed by atoms with Crippen molar-refractivity contribution in [3.63, 3.8) is 0 Å². The number of ether oxygens (including phenoxy) is 1. The normalized spacial score (nSPS) is 11.8. The molecule has 0 saturated carbocycles. The summed E-state index contributed by atoms with van der Waals surface area (Å²) in [7, 11) is 0. The number of hydrogen-bond acceptors (Lipinski definition) is 5. The van der Waals surface area contributed by atoms with Gasteiger partial charge in [0.1, 0.15) is 6.10 Å². The highest BCUT2D eigenvalue weighted by molar-refractivity contribution is 5.89. The van der Waals surface area contributed by atoms with Crippen molar-refractivity contribution in [3.05, 3.63) is 58.4 Å². The van der Waals surface area contributed by atoms with E-state index in [-0.39, 0.29) is 17.4 Å². The fourth-order valence-electron chi connectivity index (χ4n) is 1.68. The van der Waals surface area contributed by atoms with Crippen LogP contribution in [0.3, 0.4) is 0 Å². The molecule has 0 fully saturated rings. The molecular weight excluding hydrogens is 262 g/mol. The van der Waals surface area contributed by atoms with E-state index in [9.17, 15) is 14.9 Å². The summed E-state index contributed by atoms with van der Waals surface area (Å²) in [6.07, 6.45) is 3.07. The Hall–Kier alpha value is -2.70. The Morgan fingerprint density at radius 3 is 2.70 bits per heavy atom. The lowest BCUT2D eigenvalue weighted by atomic mass is 10.2. The van der Waals surface area contributed by atoms with E-state index < -0.39 is 10.9 Å². The second-order valence-corrected chi connectivity index (χ2v) is 4.25. The molecule has 0 aliphatic heterocycles. The number of rotatable bonds is 5. The largest absolute Gasteiger partial charge is 0.457 e. The first-order chi connectivity index (χ1) is 9.56. The number of benzene rings is 1. The molecule has 0 N–H and O–H groups in total. The lowest BCUT2D eigenvalue weighted by Gasteiger charge is -2.13. The summed E-state index contributed by atoms with van der Waals surface area (Å²) >= 11 is 0. The molecule has 0 saturated heterocycles. The SMILES string of the molecule is CC(Cn1cccn1)OC(=O)c1ccc([N+](=O)[O-])cc1. The molecule has 0 spiro atoms. The van der Waals surface area contributed by atoms with Crippen molar-refractivity contribution < 1.29 is 14.5 Å². The number of non-ortho nitro benzene ring substituents is 1. The average molecular weight is 275 g/mol. The van der Waals surface area contributed by atoms with E-state index in [2.05, 4.69) is 5.10 Å². The van der Waals surface area contributed by atoms with Gasteiger partial charge in [-0.15, -0.1) is 0 Å². The van der Waals surface area contributed by atoms with Crippen molar-refractivity contribution in [3.8, 4) is 0 Å². The van der Waals surface area contributed by atoms with Crippen LogP contribution in [0.25, 0.3) is 0 Å². The van der Waals surface area contributed by atoms with Gasteiger partial charge in [-0.3, -0.25) is 14.8 Å². The maximum atomic E-state index is 11.8. The van der Waals surface area contributed by atoms with Gasteiger partial charge in [-0.2, -0.15) is 5.10 Å². The Balaban J connectivity index is 1.95. The topological polar surface area (TPSA) is 87.3 Å². The summed E-state index contributed by atoms with van der Waals surface area (Å²) in [5.74, 6) is -0.514. The molecule has 104 valence electrons. The Bertz CT molecular complexity index is 593. The van der Waals surface area contributed by atoms with Gasteiger partial charge in [0.2, 0.25) is 0 Å². The van der Waals surface area contributed by atoms with Gasteiger partial charge in [0, 0.05) is 24.5 Å². The van der Waals surface area contributed by atoms with E-state index in [4.69, 9.17) is 4.74 Å². The number of hydrogen-bond donors (Lipinski definition) is 0. The summed E-state index contributed by atoms with van der Waals surface area (Å²) in [6, 6.07) is 7.08. The van der Waals surface area contributed by atoms with Gasteiger partial charge in [-0.05, 0) is 25.1 Å². The summed E-state index contributed by atoms with van der Waals surface area (Å²) < 4.78 is 6.90. The monoisotopic (exact) mass is 275 g/mol. The fourth-order valence-corrected chi connectivity index (χ4v) is 1.68. The van der Waals surface area contributed by atoms with E-state index in [1.165, 1.54) is 24.3 Å². The van der Waals surface area contributed by atoms with Crippen molar-refractivity contribution in [2.45, 2.75) is 19.6 Å². The van der Waals surface area contributed by atoms with E-state index in [0.717, 1.165) is 0 Å². The molecule has 7 nitrogen and oxygen atoms in total. The minimum atomic E-state index is -0.518. The molecule has 0 bridgehead atoms. The van der Waals surface area contributed by atoms with Gasteiger partial charge in [0.25, 0.3) is 5.69 Å². The smallest absolute Gasteiger partial charge is 0.338 e. The highest BCUT2D eigenvalue weighted by Gasteiger charge is 2.14. The molecule has 1 unspecified atom stereocenters. The van der Waals surface area contributed by atoms with Crippen LogP contribution in [0.2, 0.25) is 0 Å². The lowest BCUT2D eigenvalue weighted by Crippen LogP contribution is -2.21. The third kappa shape index (κ3) is 3.41. The molecule has 1 aromatic carbocycles. The highest BCUT2D eigenvalue weighted by atomic mass is 16.6. The predicted octanol–water partition coefficient (Wildman–Crippen LogP) is 2.04. The highest BCUT2D eigenvalue weighted by Crippen LogP contribution is 2.13. The Kier molecular flexibility index (Phi) is 4.09. The zero-order valence-electron chi connectivity index (χ0n) is 10.8. The number of nitrogens with zero attached hydrogens (tertiary/aromatic N) is 3. The molecule has 1 atom stereocenters. The van der Waals surface area contributed by atoms with Crippen LogP contribution in [-0.2, 0) is 11.3 Å². The standard InChI is InChI=1S/C13H13N3O4/c1-10(9-15-8-2-7-14-15)20-13(17)11-3-5-12(6-4-11)16(18)19/h2-8,10H,9H2,1H3. The van der Waals surface area contributed by atoms with Crippen LogP contribution >= 0.6 is 0 Å². The van der Waals surface area contributed by atoms with E-state index in [1.807, 2.05) is 0 Å². The van der Waals surface area contributed by atoms with Crippen LogP contribution in [-0.4, -0.2) is 26.8 Å². The molecule has 0 aliphatic carbocycles. The van der Waals surface area contributed by atoms with Crippen LogP contribution < -0.4 is 0 Å². The molecule has 0 radical (unpaired) electrons. The van der Waals surface area contributed by atoms with E-state index in [0.29, 0.717) is 6.54 Å². The van der Waals surface area contributed by atoms with Crippen molar-refractivity contribution in [1.29, 1.82) is 0 Å². The number of carbonyl (C=O) groups is 1. The maximum absolute atomic E-state index is 11.8. The van der Waals surface area contributed by atoms with Gasteiger partial charge < -0.3 is 4.74 Å². The zero-order chi connectivity index (χ0) is 14.5. The summed E-state index contributed by atoms with van der Waals surface area (Å²) in [6.45, 7) is 2.21. The number of nitro benzene ring substituents is 1. The first-order valence-electron chi connectivity index (χ1n) is 5.99. The molecule has 1 aromatic heterocycles. The maximum Gasteiger partial charge on any atom is 0.338 e. The number of carbonyl (C=O) groups excluding carboxylic acids is 1. The van der Waals surface area contributed by atoms with E-state index in [1.54, 1.807) is 30.1 Å². The second-order valence-electron chi connectivity index (χ2n) is 4.25. The lowest BCUT2D eigenvalue weighted by molar-refractivity contribution is -0.384. The first-order valence-corrected chi connectivity index (χ1v) is 5.99. The van der Waals surface area contributed by atoms with Crippen molar-refractivity contribution >= 4 is 11.7 Å². The Labute approximate surface area is 114 Å². The van der Waals surface area contributed by atoms with Crippen LogP contribution in [0, 0.1) is 10.1 Å². The van der Waals surface area contributed by atoms with Crippen LogP contribution in [0.4, 0.5) is 5.69 Å². The molecule has 7 heteroatoms. The number of nitro groups is 1. The first kappa shape index (κ1) is 13.7. The summed E-state index contributed by atoms with van der Waals surface area (Å²) in [4.78, 5) is 21.8. The molecule has 2 aromatic rings. The van der Waals surface area contributed by atoms with Gasteiger partial charge in [-0.1, -0.05) is 0 Å². The summed E-state index contributed by atoms with van der Waals surface area (Å²) in [5.41, 5.74) is 0.217. The molecule has 0 amide bonds.